The minimum Gasteiger partial charge on any atom is -0.464 e. The number of aromatic nitrogens is 1. The van der Waals surface area contributed by atoms with Crippen LogP contribution in [0.5, 0.6) is 0 Å². The first-order valence-corrected chi connectivity index (χ1v) is 11.5. The number of likely N-dealkylation sites (tertiary alicyclic amines) is 1. The lowest BCUT2D eigenvalue weighted by Crippen LogP contribution is -2.52. The maximum atomic E-state index is 13.2. The summed E-state index contributed by atoms with van der Waals surface area (Å²) in [5.74, 6) is -1.69. The van der Waals surface area contributed by atoms with Gasteiger partial charge in [-0.05, 0) is 30.5 Å². The van der Waals surface area contributed by atoms with Gasteiger partial charge < -0.3 is 19.8 Å². The Labute approximate surface area is 202 Å². The fourth-order valence-corrected chi connectivity index (χ4v) is 4.17. The molecule has 182 valence electrons. The second-order valence-electron chi connectivity index (χ2n) is 8.24. The summed E-state index contributed by atoms with van der Waals surface area (Å²) in [6, 6.07) is 14.6. The van der Waals surface area contributed by atoms with Crippen molar-refractivity contribution in [3.8, 4) is 0 Å². The molecule has 4 rings (SSSR count). The van der Waals surface area contributed by atoms with Crippen molar-refractivity contribution in [1.29, 1.82) is 0 Å². The number of ether oxygens (including phenoxy) is 2. The van der Waals surface area contributed by atoms with Crippen molar-refractivity contribution in [3.63, 3.8) is 0 Å². The van der Waals surface area contributed by atoms with Crippen LogP contribution in [-0.2, 0) is 36.9 Å². The molecule has 0 aliphatic carbocycles. The van der Waals surface area contributed by atoms with E-state index in [1.165, 1.54) is 0 Å². The number of carbonyl (C=O) groups excluding carboxylic acids is 4. The van der Waals surface area contributed by atoms with Crippen LogP contribution in [0.4, 0.5) is 4.79 Å². The van der Waals surface area contributed by atoms with E-state index in [1.54, 1.807) is 25.3 Å². The summed E-state index contributed by atoms with van der Waals surface area (Å²) in [7, 11) is 0. The number of imide groups is 1. The van der Waals surface area contributed by atoms with Crippen LogP contribution in [0.2, 0.25) is 0 Å². The summed E-state index contributed by atoms with van der Waals surface area (Å²) in [4.78, 5) is 54.9. The van der Waals surface area contributed by atoms with Gasteiger partial charge in [0.25, 0.3) is 0 Å². The maximum Gasteiger partial charge on any atom is 0.417 e. The SMILES string of the molecule is CCOC(=O)[C@H](Cc1c[nH]c2ccccc12)NC(=O)[C@@H]1CCC(=O)N1C(=O)OCc1ccccc1. The molecule has 1 saturated heterocycles. The van der Waals surface area contributed by atoms with Crippen molar-refractivity contribution in [2.45, 2.75) is 44.9 Å². The molecule has 9 heteroatoms. The quantitative estimate of drug-likeness (QED) is 0.482. The van der Waals surface area contributed by atoms with Gasteiger partial charge in [0.2, 0.25) is 11.8 Å². The zero-order valence-corrected chi connectivity index (χ0v) is 19.4. The standard InChI is InChI=1S/C26H27N3O6/c1-2-34-25(32)21(14-18-15-27-20-11-7-6-10-19(18)20)28-24(31)22-12-13-23(30)29(22)26(33)35-16-17-8-4-3-5-9-17/h3-11,15,21-22,27H,2,12-14,16H2,1H3,(H,28,31)/t21-,22-/m0/s1. The van der Waals surface area contributed by atoms with Crippen LogP contribution in [-0.4, -0.2) is 52.5 Å². The van der Waals surface area contributed by atoms with Crippen LogP contribution >= 0.6 is 0 Å². The lowest BCUT2D eigenvalue weighted by molar-refractivity contribution is -0.147. The molecule has 9 nitrogen and oxygen atoms in total. The number of carbonyl (C=O) groups is 4. The Kier molecular flexibility index (Phi) is 7.45. The van der Waals surface area contributed by atoms with E-state index in [-0.39, 0.29) is 32.5 Å². The smallest absolute Gasteiger partial charge is 0.417 e. The number of para-hydroxylation sites is 1. The minimum atomic E-state index is -1.06. The number of fused-ring (bicyclic) bond motifs is 1. The molecule has 1 aliphatic heterocycles. The average molecular weight is 478 g/mol. The van der Waals surface area contributed by atoms with Crippen molar-refractivity contribution in [2.75, 3.05) is 6.61 Å². The Hall–Kier alpha value is -4.14. The normalized spacial score (nSPS) is 16.2. The van der Waals surface area contributed by atoms with Gasteiger partial charge in [-0.1, -0.05) is 48.5 Å². The number of esters is 1. The van der Waals surface area contributed by atoms with Gasteiger partial charge in [-0.3, -0.25) is 9.59 Å². The van der Waals surface area contributed by atoms with E-state index in [1.807, 2.05) is 42.5 Å². The Morgan fingerprint density at radius 2 is 1.83 bits per heavy atom. The first-order chi connectivity index (χ1) is 17.0. The first kappa shape index (κ1) is 24.0. The molecule has 1 fully saturated rings. The van der Waals surface area contributed by atoms with Crippen LogP contribution < -0.4 is 5.32 Å². The second-order valence-corrected chi connectivity index (χ2v) is 8.24. The lowest BCUT2D eigenvalue weighted by Gasteiger charge is -2.24. The Morgan fingerprint density at radius 1 is 1.09 bits per heavy atom. The van der Waals surface area contributed by atoms with Gasteiger partial charge in [-0.2, -0.15) is 0 Å². The van der Waals surface area contributed by atoms with Gasteiger partial charge in [-0.25, -0.2) is 14.5 Å². The molecular weight excluding hydrogens is 450 g/mol. The van der Waals surface area contributed by atoms with Gasteiger partial charge >= 0.3 is 12.1 Å². The van der Waals surface area contributed by atoms with E-state index in [0.29, 0.717) is 0 Å². The third-order valence-electron chi connectivity index (χ3n) is 5.90. The Morgan fingerprint density at radius 3 is 2.60 bits per heavy atom. The molecule has 1 aromatic heterocycles. The van der Waals surface area contributed by atoms with Gasteiger partial charge in [0.1, 0.15) is 18.7 Å². The van der Waals surface area contributed by atoms with E-state index >= 15 is 0 Å². The van der Waals surface area contributed by atoms with Crippen molar-refractivity contribution in [2.24, 2.45) is 0 Å². The van der Waals surface area contributed by atoms with Crippen LogP contribution in [0.15, 0.2) is 60.8 Å². The topological polar surface area (TPSA) is 118 Å². The summed E-state index contributed by atoms with van der Waals surface area (Å²) in [5, 5.41) is 3.63. The van der Waals surface area contributed by atoms with Gasteiger partial charge in [0.05, 0.1) is 6.61 Å². The number of hydrogen-bond acceptors (Lipinski definition) is 6. The molecule has 0 bridgehead atoms. The number of benzene rings is 2. The number of aromatic amines is 1. The van der Waals surface area contributed by atoms with Crippen LogP contribution in [0.25, 0.3) is 10.9 Å². The summed E-state index contributed by atoms with van der Waals surface area (Å²) >= 11 is 0. The monoisotopic (exact) mass is 477 g/mol. The number of H-pyrrole nitrogens is 1. The Balaban J connectivity index is 1.47. The first-order valence-electron chi connectivity index (χ1n) is 11.5. The molecule has 3 aromatic rings. The summed E-state index contributed by atoms with van der Waals surface area (Å²) in [6.45, 7) is 1.81. The van der Waals surface area contributed by atoms with E-state index in [9.17, 15) is 19.2 Å². The highest BCUT2D eigenvalue weighted by Crippen LogP contribution is 2.22. The maximum absolute atomic E-state index is 13.2. The fraction of sp³-hybridized carbons (Fsp3) is 0.308. The predicted molar refractivity (Wildman–Crippen MR) is 127 cm³/mol. The average Bonchev–Trinajstić information content (AvgIpc) is 3.46. The molecule has 35 heavy (non-hydrogen) atoms. The molecule has 3 amide bonds. The molecule has 2 N–H and O–H groups in total. The zero-order chi connectivity index (χ0) is 24.8. The molecular formula is C26H27N3O6. The largest absolute Gasteiger partial charge is 0.464 e. The number of nitrogens with zero attached hydrogens (tertiary/aromatic N) is 1. The fourth-order valence-electron chi connectivity index (χ4n) is 4.17. The molecule has 0 radical (unpaired) electrons. The molecule has 0 saturated carbocycles. The van der Waals surface area contributed by atoms with Crippen molar-refractivity contribution in [1.82, 2.24) is 15.2 Å². The van der Waals surface area contributed by atoms with Crippen molar-refractivity contribution < 1.29 is 28.7 Å². The third kappa shape index (κ3) is 5.51. The van der Waals surface area contributed by atoms with Crippen molar-refractivity contribution in [3.05, 3.63) is 71.9 Å². The number of rotatable bonds is 8. The highest BCUT2D eigenvalue weighted by atomic mass is 16.6. The van der Waals surface area contributed by atoms with Crippen molar-refractivity contribution >= 4 is 34.8 Å². The Bertz CT molecular complexity index is 1220. The van der Waals surface area contributed by atoms with E-state index in [2.05, 4.69) is 10.3 Å². The summed E-state index contributed by atoms with van der Waals surface area (Å²) in [5.41, 5.74) is 2.50. The van der Waals surface area contributed by atoms with Gasteiger partial charge in [0, 0.05) is 29.9 Å². The summed E-state index contributed by atoms with van der Waals surface area (Å²) in [6.07, 6.45) is 1.27. The molecule has 1 aliphatic rings. The van der Waals surface area contributed by atoms with Crippen LogP contribution in [0.3, 0.4) is 0 Å². The highest BCUT2D eigenvalue weighted by molar-refractivity contribution is 6.01. The van der Waals surface area contributed by atoms with E-state index in [0.717, 1.165) is 26.9 Å². The van der Waals surface area contributed by atoms with Crippen LogP contribution in [0.1, 0.15) is 30.9 Å². The molecule has 0 spiro atoms. The summed E-state index contributed by atoms with van der Waals surface area (Å²) < 4.78 is 10.5. The van der Waals surface area contributed by atoms with E-state index < -0.39 is 36.0 Å². The number of amides is 3. The second kappa shape index (κ2) is 10.9. The molecule has 2 aromatic carbocycles. The minimum absolute atomic E-state index is 0.0240. The number of hydrogen-bond donors (Lipinski definition) is 2. The van der Waals surface area contributed by atoms with E-state index in [4.69, 9.17) is 9.47 Å². The lowest BCUT2D eigenvalue weighted by atomic mass is 10.0. The van der Waals surface area contributed by atoms with Crippen LogP contribution in [0, 0.1) is 0 Å². The molecule has 2 atom stereocenters. The molecule has 0 unspecified atom stereocenters. The molecule has 2 heterocycles. The highest BCUT2D eigenvalue weighted by Gasteiger charge is 2.42. The third-order valence-corrected chi connectivity index (χ3v) is 5.90. The van der Waals surface area contributed by atoms with Gasteiger partial charge in [0.15, 0.2) is 0 Å². The zero-order valence-electron chi connectivity index (χ0n) is 19.4. The predicted octanol–water partition coefficient (Wildman–Crippen LogP) is 3.09. The number of nitrogens with one attached hydrogen (secondary N) is 2. The van der Waals surface area contributed by atoms with Gasteiger partial charge in [-0.15, -0.1) is 0 Å².